The number of aryl methyl sites for hydroxylation is 3. The summed E-state index contributed by atoms with van der Waals surface area (Å²) in [5.41, 5.74) is 1.17. The lowest BCUT2D eigenvalue weighted by atomic mass is 10.2. The molecule has 0 aromatic carbocycles. The van der Waals surface area contributed by atoms with Gasteiger partial charge in [-0.05, 0) is 32.4 Å². The van der Waals surface area contributed by atoms with Gasteiger partial charge in [0.05, 0.1) is 5.69 Å². The van der Waals surface area contributed by atoms with Crippen LogP contribution in [0.4, 0.5) is 0 Å². The predicted octanol–water partition coefficient (Wildman–Crippen LogP) is 1.14. The molecule has 1 aliphatic rings. The molecule has 28 heavy (non-hydrogen) atoms. The zero-order valence-corrected chi connectivity index (χ0v) is 16.5. The van der Waals surface area contributed by atoms with E-state index in [4.69, 9.17) is 0 Å². The third-order valence-electron chi connectivity index (χ3n) is 5.05. The van der Waals surface area contributed by atoms with Crippen LogP contribution in [0.25, 0.3) is 0 Å². The van der Waals surface area contributed by atoms with Crippen LogP contribution in [0.3, 0.4) is 0 Å². The van der Waals surface area contributed by atoms with Crippen LogP contribution in [0.1, 0.15) is 35.8 Å². The normalized spacial score (nSPS) is 14.8. The Balaban J connectivity index is 1.56. The number of hydrogen-bond acceptors (Lipinski definition) is 4. The molecule has 1 fully saturated rings. The standard InChI is InChI=1S/C20H27N5O3/c1-3-22-10-6-17(15-19(22)27)20(28)24-9-4-8-23(13-14-24)18(26)7-12-25-11-5-16(2)21-25/h5-6,10-11,15H,3-4,7-9,12-14H2,1-2H3. The summed E-state index contributed by atoms with van der Waals surface area (Å²) in [6, 6.07) is 5.00. The maximum Gasteiger partial charge on any atom is 0.254 e. The van der Waals surface area contributed by atoms with Gasteiger partial charge in [0, 0.05) is 69.7 Å². The Bertz CT molecular complexity index is 901. The van der Waals surface area contributed by atoms with Crippen molar-refractivity contribution in [2.45, 2.75) is 39.8 Å². The lowest BCUT2D eigenvalue weighted by molar-refractivity contribution is -0.131. The summed E-state index contributed by atoms with van der Waals surface area (Å²) >= 11 is 0. The lowest BCUT2D eigenvalue weighted by Crippen LogP contribution is -2.38. The summed E-state index contributed by atoms with van der Waals surface area (Å²) in [6.07, 6.45) is 4.65. The van der Waals surface area contributed by atoms with Gasteiger partial charge in [-0.25, -0.2) is 0 Å². The van der Waals surface area contributed by atoms with Gasteiger partial charge in [-0.3, -0.25) is 19.1 Å². The molecule has 0 unspecified atom stereocenters. The molecule has 2 aromatic rings. The fourth-order valence-corrected chi connectivity index (χ4v) is 3.41. The summed E-state index contributed by atoms with van der Waals surface area (Å²) in [5, 5.41) is 4.30. The molecule has 0 spiro atoms. The fraction of sp³-hybridized carbons (Fsp3) is 0.500. The molecule has 8 nitrogen and oxygen atoms in total. The Morgan fingerprint density at radius 1 is 1.07 bits per heavy atom. The SMILES string of the molecule is CCn1ccc(C(=O)N2CCCN(C(=O)CCn3ccc(C)n3)CC2)cc1=O. The molecule has 0 N–H and O–H groups in total. The van der Waals surface area contributed by atoms with E-state index in [1.54, 1.807) is 26.4 Å². The van der Waals surface area contributed by atoms with E-state index in [-0.39, 0.29) is 17.4 Å². The van der Waals surface area contributed by atoms with Gasteiger partial charge in [0.2, 0.25) is 5.91 Å². The zero-order valence-electron chi connectivity index (χ0n) is 16.5. The highest BCUT2D eigenvalue weighted by Gasteiger charge is 2.23. The van der Waals surface area contributed by atoms with Crippen molar-refractivity contribution >= 4 is 11.8 Å². The quantitative estimate of drug-likeness (QED) is 0.773. The Kier molecular flexibility index (Phi) is 6.28. The highest BCUT2D eigenvalue weighted by atomic mass is 16.2. The minimum atomic E-state index is -0.172. The highest BCUT2D eigenvalue weighted by molar-refractivity contribution is 5.94. The monoisotopic (exact) mass is 385 g/mol. The van der Waals surface area contributed by atoms with Crippen molar-refractivity contribution in [3.05, 3.63) is 52.2 Å². The van der Waals surface area contributed by atoms with E-state index >= 15 is 0 Å². The maximum absolute atomic E-state index is 12.8. The van der Waals surface area contributed by atoms with E-state index in [0.29, 0.717) is 51.3 Å². The van der Waals surface area contributed by atoms with Gasteiger partial charge in [0.1, 0.15) is 0 Å². The molecule has 2 amide bonds. The molecule has 3 rings (SSSR count). The van der Waals surface area contributed by atoms with Crippen LogP contribution in [0.15, 0.2) is 35.4 Å². The number of rotatable bonds is 5. The first-order valence-electron chi connectivity index (χ1n) is 9.75. The predicted molar refractivity (Wildman–Crippen MR) is 105 cm³/mol. The molecule has 8 heteroatoms. The van der Waals surface area contributed by atoms with Crippen molar-refractivity contribution in [2.75, 3.05) is 26.2 Å². The number of carbonyl (C=O) groups is 2. The molecule has 2 aromatic heterocycles. The van der Waals surface area contributed by atoms with Crippen molar-refractivity contribution in [1.29, 1.82) is 0 Å². The van der Waals surface area contributed by atoms with E-state index in [1.165, 1.54) is 6.07 Å². The molecular formula is C20H27N5O3. The minimum Gasteiger partial charge on any atom is -0.341 e. The first-order chi connectivity index (χ1) is 13.5. The second kappa shape index (κ2) is 8.86. The first-order valence-corrected chi connectivity index (χ1v) is 9.75. The number of nitrogens with zero attached hydrogens (tertiary/aromatic N) is 5. The van der Waals surface area contributed by atoms with E-state index in [9.17, 15) is 14.4 Å². The fourth-order valence-electron chi connectivity index (χ4n) is 3.41. The number of aromatic nitrogens is 3. The van der Waals surface area contributed by atoms with Gasteiger partial charge in [0.15, 0.2) is 0 Å². The summed E-state index contributed by atoms with van der Waals surface area (Å²) in [4.78, 5) is 40.8. The average Bonchev–Trinajstić information content (AvgIpc) is 2.96. The summed E-state index contributed by atoms with van der Waals surface area (Å²) in [7, 11) is 0. The average molecular weight is 385 g/mol. The van der Waals surface area contributed by atoms with Crippen molar-refractivity contribution in [1.82, 2.24) is 24.1 Å². The molecule has 3 heterocycles. The molecule has 0 aliphatic carbocycles. The summed E-state index contributed by atoms with van der Waals surface area (Å²) in [5.74, 6) is -0.0744. The molecule has 150 valence electrons. The molecule has 0 radical (unpaired) electrons. The second-order valence-corrected chi connectivity index (χ2v) is 7.04. The lowest BCUT2D eigenvalue weighted by Gasteiger charge is -2.22. The van der Waals surface area contributed by atoms with E-state index in [2.05, 4.69) is 5.10 Å². The Morgan fingerprint density at radius 3 is 2.50 bits per heavy atom. The largest absolute Gasteiger partial charge is 0.341 e. The van der Waals surface area contributed by atoms with Crippen LogP contribution in [0.2, 0.25) is 0 Å². The molecule has 1 saturated heterocycles. The van der Waals surface area contributed by atoms with Crippen LogP contribution in [-0.2, 0) is 17.9 Å². The third kappa shape index (κ3) is 4.68. The van der Waals surface area contributed by atoms with E-state index < -0.39 is 0 Å². The van der Waals surface area contributed by atoms with Gasteiger partial charge in [-0.2, -0.15) is 5.10 Å². The van der Waals surface area contributed by atoms with Gasteiger partial charge >= 0.3 is 0 Å². The number of amides is 2. The van der Waals surface area contributed by atoms with Crippen LogP contribution >= 0.6 is 0 Å². The minimum absolute atomic E-state index is 0.0768. The van der Waals surface area contributed by atoms with Gasteiger partial charge in [0.25, 0.3) is 11.5 Å². The van der Waals surface area contributed by atoms with Crippen molar-refractivity contribution in [3.63, 3.8) is 0 Å². The van der Waals surface area contributed by atoms with Crippen LogP contribution < -0.4 is 5.56 Å². The first kappa shape index (κ1) is 19.9. The maximum atomic E-state index is 12.8. The number of hydrogen-bond donors (Lipinski definition) is 0. The van der Waals surface area contributed by atoms with Gasteiger partial charge in [-0.1, -0.05) is 0 Å². The zero-order chi connectivity index (χ0) is 20.1. The van der Waals surface area contributed by atoms with Crippen LogP contribution in [-0.4, -0.2) is 62.1 Å². The van der Waals surface area contributed by atoms with Crippen LogP contribution in [0, 0.1) is 6.92 Å². The van der Waals surface area contributed by atoms with Crippen molar-refractivity contribution in [2.24, 2.45) is 0 Å². The Morgan fingerprint density at radius 2 is 1.82 bits per heavy atom. The molecule has 0 bridgehead atoms. The second-order valence-electron chi connectivity index (χ2n) is 7.04. The van der Waals surface area contributed by atoms with E-state index in [1.807, 2.05) is 31.0 Å². The smallest absolute Gasteiger partial charge is 0.254 e. The van der Waals surface area contributed by atoms with E-state index in [0.717, 1.165) is 12.1 Å². The number of carbonyl (C=O) groups excluding carboxylic acids is 2. The molecular weight excluding hydrogens is 358 g/mol. The van der Waals surface area contributed by atoms with Gasteiger partial charge in [-0.15, -0.1) is 0 Å². The molecule has 0 atom stereocenters. The Hall–Kier alpha value is -2.90. The summed E-state index contributed by atoms with van der Waals surface area (Å²) in [6.45, 7) is 7.14. The van der Waals surface area contributed by atoms with Crippen molar-refractivity contribution in [3.8, 4) is 0 Å². The van der Waals surface area contributed by atoms with Gasteiger partial charge < -0.3 is 14.4 Å². The summed E-state index contributed by atoms with van der Waals surface area (Å²) < 4.78 is 3.33. The third-order valence-corrected chi connectivity index (χ3v) is 5.05. The van der Waals surface area contributed by atoms with Crippen LogP contribution in [0.5, 0.6) is 0 Å². The molecule has 1 aliphatic heterocycles. The number of pyridine rings is 1. The topological polar surface area (TPSA) is 80.4 Å². The Labute approximate surface area is 164 Å². The molecule has 0 saturated carbocycles. The highest BCUT2D eigenvalue weighted by Crippen LogP contribution is 2.10. The van der Waals surface area contributed by atoms with Crippen molar-refractivity contribution < 1.29 is 9.59 Å².